The van der Waals surface area contributed by atoms with Gasteiger partial charge >= 0.3 is 11.9 Å². The molecule has 0 aromatic rings. The lowest BCUT2D eigenvalue weighted by molar-refractivity contribution is -0.157. The number of aliphatic carboxylic acids is 1. The van der Waals surface area contributed by atoms with Gasteiger partial charge in [-0.15, -0.1) is 0 Å². The molecular formula is C32H58O4. The van der Waals surface area contributed by atoms with Crippen molar-refractivity contribution in [3.05, 3.63) is 12.2 Å². The van der Waals surface area contributed by atoms with Crippen LogP contribution in [-0.4, -0.2) is 23.1 Å². The molecule has 0 heterocycles. The molecule has 0 aliphatic heterocycles. The second-order valence-electron chi connectivity index (χ2n) is 12.3. The molecule has 1 saturated carbocycles. The molecule has 36 heavy (non-hydrogen) atoms. The van der Waals surface area contributed by atoms with Crippen LogP contribution in [0, 0.1) is 17.3 Å². The van der Waals surface area contributed by atoms with Gasteiger partial charge in [-0.25, -0.2) is 0 Å². The average molecular weight is 507 g/mol. The first-order valence-corrected chi connectivity index (χ1v) is 15.3. The summed E-state index contributed by atoms with van der Waals surface area (Å²) in [6.45, 7) is 9.09. The van der Waals surface area contributed by atoms with Crippen molar-refractivity contribution in [3.63, 3.8) is 0 Å². The Morgan fingerprint density at radius 3 is 1.72 bits per heavy atom. The van der Waals surface area contributed by atoms with E-state index in [0.717, 1.165) is 38.5 Å². The molecule has 0 radical (unpaired) electrons. The lowest BCUT2D eigenvalue weighted by Crippen LogP contribution is -2.32. The fourth-order valence-electron chi connectivity index (χ4n) is 5.43. The van der Waals surface area contributed by atoms with Crippen molar-refractivity contribution in [1.82, 2.24) is 0 Å². The number of esters is 1. The molecule has 1 atom stereocenters. The van der Waals surface area contributed by atoms with Crippen LogP contribution in [0.3, 0.4) is 0 Å². The predicted octanol–water partition coefficient (Wildman–Crippen LogP) is 9.65. The molecule has 0 amide bonds. The van der Waals surface area contributed by atoms with Crippen molar-refractivity contribution in [2.45, 2.75) is 162 Å². The molecule has 0 spiro atoms. The molecule has 4 nitrogen and oxygen atoms in total. The number of allylic oxidation sites excluding steroid dienone is 1. The van der Waals surface area contributed by atoms with Gasteiger partial charge in [0, 0.05) is 0 Å². The topological polar surface area (TPSA) is 63.6 Å². The lowest BCUT2D eigenvalue weighted by Gasteiger charge is -2.36. The van der Waals surface area contributed by atoms with E-state index in [9.17, 15) is 14.7 Å². The summed E-state index contributed by atoms with van der Waals surface area (Å²) >= 11 is 0. The maximum Gasteiger partial charge on any atom is 0.313 e. The van der Waals surface area contributed by atoms with Crippen molar-refractivity contribution in [3.8, 4) is 0 Å². The zero-order valence-electron chi connectivity index (χ0n) is 24.2. The minimum Gasteiger partial charge on any atom is -0.481 e. The maximum atomic E-state index is 12.7. The molecule has 0 aromatic carbocycles. The first kappa shape index (κ1) is 32.7. The number of carboxylic acid groups (broad SMARTS) is 1. The van der Waals surface area contributed by atoms with Crippen molar-refractivity contribution in [2.75, 3.05) is 0 Å². The third-order valence-corrected chi connectivity index (χ3v) is 7.97. The number of carboxylic acids is 1. The van der Waals surface area contributed by atoms with Gasteiger partial charge < -0.3 is 9.84 Å². The van der Waals surface area contributed by atoms with E-state index in [1.54, 1.807) is 6.08 Å². The van der Waals surface area contributed by atoms with Gasteiger partial charge in [-0.2, -0.15) is 0 Å². The number of hydrogen-bond donors (Lipinski definition) is 1. The van der Waals surface area contributed by atoms with Gasteiger partial charge in [-0.3, -0.25) is 9.59 Å². The van der Waals surface area contributed by atoms with E-state index in [-0.39, 0.29) is 23.9 Å². The van der Waals surface area contributed by atoms with Crippen LogP contribution in [0.4, 0.5) is 0 Å². The fourth-order valence-corrected chi connectivity index (χ4v) is 5.43. The molecule has 4 heteroatoms. The molecular weight excluding hydrogens is 448 g/mol. The smallest absolute Gasteiger partial charge is 0.313 e. The second-order valence-corrected chi connectivity index (χ2v) is 12.3. The highest BCUT2D eigenvalue weighted by atomic mass is 16.5. The third-order valence-electron chi connectivity index (χ3n) is 7.97. The first-order chi connectivity index (χ1) is 17.2. The standard InChI is InChI=1S/C32H58O4/c1-5-6-7-8-9-10-11-12-13-14-15-16-17-18-19-20-21-27(26-30(33)34)31(35)36-29-24-22-28(23-25-29)32(2,3)4/h20-21,27-29H,5-19,22-26H2,1-4H3,(H,33,34). The van der Waals surface area contributed by atoms with Crippen LogP contribution >= 0.6 is 0 Å². The van der Waals surface area contributed by atoms with Crippen molar-refractivity contribution >= 4 is 11.9 Å². The molecule has 210 valence electrons. The minimum atomic E-state index is -0.950. The Morgan fingerprint density at radius 2 is 1.28 bits per heavy atom. The average Bonchev–Trinajstić information content (AvgIpc) is 2.82. The summed E-state index contributed by atoms with van der Waals surface area (Å²) < 4.78 is 5.74. The van der Waals surface area contributed by atoms with E-state index in [4.69, 9.17) is 4.74 Å². The van der Waals surface area contributed by atoms with E-state index in [1.165, 1.54) is 83.5 Å². The van der Waals surface area contributed by atoms with Crippen LogP contribution in [0.5, 0.6) is 0 Å². The molecule has 1 N–H and O–H groups in total. The molecule has 1 rings (SSSR count). The van der Waals surface area contributed by atoms with E-state index in [2.05, 4.69) is 27.7 Å². The van der Waals surface area contributed by atoms with E-state index >= 15 is 0 Å². The van der Waals surface area contributed by atoms with Crippen LogP contribution < -0.4 is 0 Å². The van der Waals surface area contributed by atoms with Crippen LogP contribution in [0.15, 0.2) is 12.2 Å². The SMILES string of the molecule is CCCCCCCCCCCCCCCCC=CC(CC(=O)O)C(=O)OC1CCC(C(C)(C)C)CC1. The number of ether oxygens (including phenoxy) is 1. The number of unbranched alkanes of at least 4 members (excludes halogenated alkanes) is 14. The van der Waals surface area contributed by atoms with Crippen LogP contribution in [0.25, 0.3) is 0 Å². The quantitative estimate of drug-likeness (QED) is 0.101. The van der Waals surface area contributed by atoms with Gasteiger partial charge in [0.05, 0.1) is 12.3 Å². The molecule has 0 aromatic heterocycles. The number of carbonyl (C=O) groups is 2. The fraction of sp³-hybridized carbons (Fsp3) is 0.875. The largest absolute Gasteiger partial charge is 0.481 e. The first-order valence-electron chi connectivity index (χ1n) is 15.3. The highest BCUT2D eigenvalue weighted by Crippen LogP contribution is 2.38. The van der Waals surface area contributed by atoms with Crippen molar-refractivity contribution in [2.24, 2.45) is 17.3 Å². The summed E-state index contributed by atoms with van der Waals surface area (Å²) in [4.78, 5) is 24.0. The Morgan fingerprint density at radius 1 is 0.806 bits per heavy atom. The maximum absolute atomic E-state index is 12.7. The molecule has 1 aliphatic rings. The summed E-state index contributed by atoms with van der Waals surface area (Å²) in [7, 11) is 0. The predicted molar refractivity (Wildman–Crippen MR) is 151 cm³/mol. The summed E-state index contributed by atoms with van der Waals surface area (Å²) in [5.41, 5.74) is 0.288. The summed E-state index contributed by atoms with van der Waals surface area (Å²) in [5, 5.41) is 9.26. The highest BCUT2D eigenvalue weighted by Gasteiger charge is 2.32. The third kappa shape index (κ3) is 16.4. The van der Waals surface area contributed by atoms with Crippen molar-refractivity contribution < 1.29 is 19.4 Å². The summed E-state index contributed by atoms with van der Waals surface area (Å²) in [6.07, 6.45) is 27.1. The van der Waals surface area contributed by atoms with Gasteiger partial charge in [0.15, 0.2) is 0 Å². The zero-order chi connectivity index (χ0) is 26.7. The van der Waals surface area contributed by atoms with Gasteiger partial charge in [0.25, 0.3) is 0 Å². The van der Waals surface area contributed by atoms with Gasteiger partial charge in [-0.05, 0) is 49.9 Å². The second kappa shape index (κ2) is 19.7. The molecule has 1 aliphatic carbocycles. The number of carbonyl (C=O) groups excluding carboxylic acids is 1. The number of hydrogen-bond acceptors (Lipinski definition) is 3. The summed E-state index contributed by atoms with van der Waals surface area (Å²) in [6, 6.07) is 0. The Labute approximate surface area is 223 Å². The Hall–Kier alpha value is -1.32. The molecule has 1 fully saturated rings. The number of rotatable bonds is 20. The molecule has 0 bridgehead atoms. The van der Waals surface area contributed by atoms with Gasteiger partial charge in [-0.1, -0.05) is 123 Å². The van der Waals surface area contributed by atoms with Crippen LogP contribution in [0.2, 0.25) is 0 Å². The van der Waals surface area contributed by atoms with Crippen LogP contribution in [0.1, 0.15) is 156 Å². The monoisotopic (exact) mass is 506 g/mol. The normalized spacial score (nSPS) is 19.4. The van der Waals surface area contributed by atoms with E-state index in [1.807, 2.05) is 6.08 Å². The Bertz CT molecular complexity index is 596. The zero-order valence-corrected chi connectivity index (χ0v) is 24.2. The van der Waals surface area contributed by atoms with E-state index < -0.39 is 11.9 Å². The lowest BCUT2D eigenvalue weighted by atomic mass is 9.72. The summed E-state index contributed by atoms with van der Waals surface area (Å²) in [5.74, 6) is -1.33. The highest BCUT2D eigenvalue weighted by molar-refractivity contribution is 5.80. The minimum absolute atomic E-state index is 0.0633. The molecule has 1 unspecified atom stereocenters. The Kier molecular flexibility index (Phi) is 17.9. The Balaban J connectivity index is 2.14. The van der Waals surface area contributed by atoms with Crippen molar-refractivity contribution in [1.29, 1.82) is 0 Å². The van der Waals surface area contributed by atoms with E-state index in [0.29, 0.717) is 5.92 Å². The van der Waals surface area contributed by atoms with Gasteiger partial charge in [0.1, 0.15) is 6.10 Å². The molecule has 0 saturated heterocycles. The van der Waals surface area contributed by atoms with Gasteiger partial charge in [0.2, 0.25) is 0 Å². The van der Waals surface area contributed by atoms with Crippen LogP contribution in [-0.2, 0) is 14.3 Å².